The van der Waals surface area contributed by atoms with Crippen molar-refractivity contribution in [2.45, 2.75) is 50.7 Å². The molecule has 3 nitrogen and oxygen atoms in total. The highest BCUT2D eigenvalue weighted by Crippen LogP contribution is 2.33. The standard InChI is InChI=1S/C16H20BrFN2O/c17-13-8-12(18)6-5-11(13)9-19-16(21)15-7-10-3-1-2-4-14(10)20-15/h5-6,8,10,14-15,20H,1-4,7,9H2,(H,19,21). The normalized spacial score (nSPS) is 28.2. The highest BCUT2D eigenvalue weighted by Gasteiger charge is 2.37. The maximum absolute atomic E-state index is 13.0. The van der Waals surface area contributed by atoms with Gasteiger partial charge >= 0.3 is 0 Å². The van der Waals surface area contributed by atoms with Crippen LogP contribution < -0.4 is 10.6 Å². The van der Waals surface area contributed by atoms with Crippen molar-refractivity contribution in [1.82, 2.24) is 10.6 Å². The maximum Gasteiger partial charge on any atom is 0.237 e. The Bertz CT molecular complexity index is 523. The first kappa shape index (κ1) is 15.0. The first-order valence-corrected chi connectivity index (χ1v) is 8.40. The van der Waals surface area contributed by atoms with Gasteiger partial charge in [-0.1, -0.05) is 34.8 Å². The molecule has 1 heterocycles. The SMILES string of the molecule is O=C(NCc1ccc(F)cc1Br)C1CC2CCCCC2N1. The Morgan fingerprint density at radius 2 is 2.19 bits per heavy atom. The second-order valence-electron chi connectivity index (χ2n) is 6.06. The molecule has 3 atom stereocenters. The molecule has 3 unspecified atom stereocenters. The van der Waals surface area contributed by atoms with Crippen LogP contribution in [0.3, 0.4) is 0 Å². The van der Waals surface area contributed by atoms with Crippen LogP contribution >= 0.6 is 15.9 Å². The fourth-order valence-corrected chi connectivity index (χ4v) is 3.98. The predicted octanol–water partition coefficient (Wildman–Crippen LogP) is 3.13. The third kappa shape index (κ3) is 3.46. The molecule has 1 saturated carbocycles. The summed E-state index contributed by atoms with van der Waals surface area (Å²) in [7, 11) is 0. The molecule has 1 aliphatic heterocycles. The van der Waals surface area contributed by atoms with Gasteiger partial charge in [-0.05, 0) is 42.9 Å². The Hall–Kier alpha value is -0.940. The van der Waals surface area contributed by atoms with Gasteiger partial charge in [0.25, 0.3) is 0 Å². The fourth-order valence-electron chi connectivity index (χ4n) is 3.49. The van der Waals surface area contributed by atoms with Crippen molar-refractivity contribution in [3.63, 3.8) is 0 Å². The summed E-state index contributed by atoms with van der Waals surface area (Å²) >= 11 is 3.32. The lowest BCUT2D eigenvalue weighted by Crippen LogP contribution is -2.42. The summed E-state index contributed by atoms with van der Waals surface area (Å²) in [6.45, 7) is 0.424. The van der Waals surface area contributed by atoms with Crippen LogP contribution in [0.4, 0.5) is 4.39 Å². The average molecular weight is 355 g/mol. The Balaban J connectivity index is 1.55. The first-order chi connectivity index (χ1) is 10.1. The summed E-state index contributed by atoms with van der Waals surface area (Å²) in [5.41, 5.74) is 0.889. The van der Waals surface area contributed by atoms with Crippen LogP contribution in [0.25, 0.3) is 0 Å². The van der Waals surface area contributed by atoms with E-state index in [1.54, 1.807) is 6.07 Å². The molecule has 21 heavy (non-hydrogen) atoms. The van der Waals surface area contributed by atoms with E-state index in [-0.39, 0.29) is 17.8 Å². The van der Waals surface area contributed by atoms with Gasteiger partial charge in [0.2, 0.25) is 5.91 Å². The number of hydrogen-bond donors (Lipinski definition) is 2. The van der Waals surface area contributed by atoms with Crippen LogP contribution in [0, 0.1) is 11.7 Å². The number of hydrogen-bond acceptors (Lipinski definition) is 2. The van der Waals surface area contributed by atoms with E-state index in [0.29, 0.717) is 23.0 Å². The van der Waals surface area contributed by atoms with Crippen LogP contribution in [0.1, 0.15) is 37.7 Å². The lowest BCUT2D eigenvalue weighted by Gasteiger charge is -2.24. The molecule has 1 aliphatic carbocycles. The van der Waals surface area contributed by atoms with E-state index in [2.05, 4.69) is 26.6 Å². The molecular weight excluding hydrogens is 335 g/mol. The van der Waals surface area contributed by atoms with Gasteiger partial charge in [-0.25, -0.2) is 4.39 Å². The van der Waals surface area contributed by atoms with Gasteiger partial charge in [0.15, 0.2) is 0 Å². The molecule has 2 N–H and O–H groups in total. The monoisotopic (exact) mass is 354 g/mol. The van der Waals surface area contributed by atoms with Crippen molar-refractivity contribution in [3.05, 3.63) is 34.1 Å². The molecule has 0 spiro atoms. The van der Waals surface area contributed by atoms with Gasteiger partial charge < -0.3 is 10.6 Å². The van der Waals surface area contributed by atoms with Gasteiger partial charge in [0.05, 0.1) is 6.04 Å². The summed E-state index contributed by atoms with van der Waals surface area (Å²) in [6.07, 6.45) is 5.94. The zero-order valence-electron chi connectivity index (χ0n) is 11.9. The molecule has 114 valence electrons. The number of nitrogens with one attached hydrogen (secondary N) is 2. The Morgan fingerprint density at radius 1 is 1.38 bits per heavy atom. The molecule has 0 radical (unpaired) electrons. The van der Waals surface area contributed by atoms with Gasteiger partial charge in [-0.3, -0.25) is 4.79 Å². The second kappa shape index (κ2) is 6.44. The summed E-state index contributed by atoms with van der Waals surface area (Å²) in [5.74, 6) is 0.436. The number of carbonyl (C=O) groups excluding carboxylic acids is 1. The van der Waals surface area contributed by atoms with Crippen molar-refractivity contribution in [3.8, 4) is 0 Å². The zero-order valence-corrected chi connectivity index (χ0v) is 13.5. The van der Waals surface area contributed by atoms with Crippen LogP contribution in [0.2, 0.25) is 0 Å². The summed E-state index contributed by atoms with van der Waals surface area (Å²) in [6, 6.07) is 4.98. The summed E-state index contributed by atoms with van der Waals surface area (Å²) in [5, 5.41) is 6.43. The molecule has 1 saturated heterocycles. The summed E-state index contributed by atoms with van der Waals surface area (Å²) < 4.78 is 13.7. The number of fused-ring (bicyclic) bond motifs is 1. The van der Waals surface area contributed by atoms with E-state index < -0.39 is 0 Å². The topological polar surface area (TPSA) is 41.1 Å². The highest BCUT2D eigenvalue weighted by molar-refractivity contribution is 9.10. The molecule has 2 fully saturated rings. The minimum Gasteiger partial charge on any atom is -0.351 e. The van der Waals surface area contributed by atoms with Crippen molar-refractivity contribution in [1.29, 1.82) is 0 Å². The van der Waals surface area contributed by atoms with E-state index in [9.17, 15) is 9.18 Å². The van der Waals surface area contributed by atoms with Gasteiger partial charge in [0, 0.05) is 17.1 Å². The van der Waals surface area contributed by atoms with E-state index >= 15 is 0 Å². The number of amides is 1. The molecule has 1 amide bonds. The molecular formula is C16H20BrFN2O. The minimum absolute atomic E-state index is 0.0561. The molecule has 5 heteroatoms. The van der Waals surface area contributed by atoms with Crippen LogP contribution in [0.15, 0.2) is 22.7 Å². The minimum atomic E-state index is -0.279. The highest BCUT2D eigenvalue weighted by atomic mass is 79.9. The largest absolute Gasteiger partial charge is 0.351 e. The Kier molecular flexibility index (Phi) is 4.60. The number of carbonyl (C=O) groups is 1. The Morgan fingerprint density at radius 3 is 2.95 bits per heavy atom. The lowest BCUT2D eigenvalue weighted by atomic mass is 9.85. The molecule has 1 aromatic rings. The quantitative estimate of drug-likeness (QED) is 0.875. The van der Waals surface area contributed by atoms with Crippen molar-refractivity contribution in [2.75, 3.05) is 0 Å². The molecule has 0 bridgehead atoms. The summed E-state index contributed by atoms with van der Waals surface area (Å²) in [4.78, 5) is 12.3. The predicted molar refractivity (Wildman–Crippen MR) is 83.2 cm³/mol. The molecule has 3 rings (SSSR count). The number of halogens is 2. The molecule has 2 aliphatic rings. The van der Waals surface area contributed by atoms with Crippen LogP contribution in [-0.4, -0.2) is 18.0 Å². The zero-order chi connectivity index (χ0) is 14.8. The van der Waals surface area contributed by atoms with Gasteiger partial charge in [-0.2, -0.15) is 0 Å². The van der Waals surface area contributed by atoms with Gasteiger partial charge in [-0.15, -0.1) is 0 Å². The van der Waals surface area contributed by atoms with E-state index in [0.717, 1.165) is 12.0 Å². The number of benzene rings is 1. The fraction of sp³-hybridized carbons (Fsp3) is 0.562. The van der Waals surface area contributed by atoms with Gasteiger partial charge in [0.1, 0.15) is 5.82 Å². The molecule has 1 aromatic carbocycles. The second-order valence-corrected chi connectivity index (χ2v) is 6.91. The first-order valence-electron chi connectivity index (χ1n) is 7.61. The van der Waals surface area contributed by atoms with Crippen molar-refractivity contribution < 1.29 is 9.18 Å². The Labute approximate surface area is 132 Å². The van der Waals surface area contributed by atoms with Crippen LogP contribution in [0.5, 0.6) is 0 Å². The number of rotatable bonds is 3. The van der Waals surface area contributed by atoms with Crippen molar-refractivity contribution in [2.24, 2.45) is 5.92 Å². The molecule has 0 aromatic heterocycles. The van der Waals surface area contributed by atoms with E-state index in [1.807, 2.05) is 0 Å². The third-order valence-electron chi connectivity index (χ3n) is 4.65. The van der Waals surface area contributed by atoms with Crippen molar-refractivity contribution >= 4 is 21.8 Å². The average Bonchev–Trinajstić information content (AvgIpc) is 2.90. The van der Waals surface area contributed by atoms with E-state index in [1.165, 1.54) is 37.8 Å². The van der Waals surface area contributed by atoms with E-state index in [4.69, 9.17) is 0 Å². The smallest absolute Gasteiger partial charge is 0.237 e. The lowest BCUT2D eigenvalue weighted by molar-refractivity contribution is -0.123. The van der Waals surface area contributed by atoms with Crippen LogP contribution in [-0.2, 0) is 11.3 Å². The maximum atomic E-state index is 13.0. The third-order valence-corrected chi connectivity index (χ3v) is 5.39.